The number of aliphatic hydroxyl groups is 1. The van der Waals surface area contributed by atoms with Crippen LogP contribution in [0.25, 0.3) is 0 Å². The zero-order valence-electron chi connectivity index (χ0n) is 10.6. The van der Waals surface area contributed by atoms with E-state index in [2.05, 4.69) is 0 Å². The van der Waals surface area contributed by atoms with Gasteiger partial charge in [-0.3, -0.25) is 4.90 Å². The summed E-state index contributed by atoms with van der Waals surface area (Å²) in [7, 11) is 0. The molecule has 2 heterocycles. The molecule has 2 saturated heterocycles. The molecular formula is C14H16FNO3. The van der Waals surface area contributed by atoms with Crippen molar-refractivity contribution in [2.24, 2.45) is 5.92 Å². The van der Waals surface area contributed by atoms with Crippen LogP contribution < -0.4 is 0 Å². The summed E-state index contributed by atoms with van der Waals surface area (Å²) in [5.74, 6) is -0.255. The molecule has 1 amide bonds. The molecular weight excluding hydrogens is 249 g/mol. The van der Waals surface area contributed by atoms with Gasteiger partial charge in [0.15, 0.2) is 0 Å². The summed E-state index contributed by atoms with van der Waals surface area (Å²) in [6.07, 6.45) is -0.434. The third-order valence-corrected chi connectivity index (χ3v) is 4.49. The molecule has 2 bridgehead atoms. The lowest BCUT2D eigenvalue weighted by Gasteiger charge is -2.37. The van der Waals surface area contributed by atoms with Crippen LogP contribution in [0, 0.1) is 11.7 Å². The Morgan fingerprint density at radius 3 is 2.79 bits per heavy atom. The quantitative estimate of drug-likeness (QED) is 0.863. The first-order valence-electron chi connectivity index (χ1n) is 6.38. The van der Waals surface area contributed by atoms with Crippen molar-refractivity contribution in [3.8, 4) is 0 Å². The molecule has 0 radical (unpaired) electrons. The predicted octanol–water partition coefficient (Wildman–Crippen LogP) is 2.39. The molecule has 3 aliphatic rings. The molecule has 0 spiro atoms. The number of rotatable bonds is 2. The first-order chi connectivity index (χ1) is 8.92. The van der Waals surface area contributed by atoms with E-state index in [0.717, 1.165) is 12.8 Å². The number of hydrogen-bond donors (Lipinski definition) is 2. The molecule has 1 unspecified atom stereocenters. The number of fused-ring (bicyclic) bond motifs is 1. The highest BCUT2D eigenvalue weighted by Crippen LogP contribution is 2.57. The molecule has 4 nitrogen and oxygen atoms in total. The molecule has 19 heavy (non-hydrogen) atoms. The van der Waals surface area contributed by atoms with Gasteiger partial charge in [0.25, 0.3) is 0 Å². The van der Waals surface area contributed by atoms with Crippen LogP contribution in [-0.2, 0) is 0 Å². The highest BCUT2D eigenvalue weighted by Gasteiger charge is 2.62. The average molecular weight is 265 g/mol. The van der Waals surface area contributed by atoms with Crippen molar-refractivity contribution in [3.63, 3.8) is 0 Å². The lowest BCUT2D eigenvalue weighted by Crippen LogP contribution is -2.47. The minimum absolute atomic E-state index is 0.166. The van der Waals surface area contributed by atoms with E-state index in [0.29, 0.717) is 5.56 Å². The molecule has 0 aromatic heterocycles. The van der Waals surface area contributed by atoms with Crippen LogP contribution in [-0.4, -0.2) is 32.8 Å². The van der Waals surface area contributed by atoms with Crippen molar-refractivity contribution < 1.29 is 19.4 Å². The van der Waals surface area contributed by atoms with E-state index >= 15 is 0 Å². The van der Waals surface area contributed by atoms with Crippen LogP contribution in [0.1, 0.15) is 31.4 Å². The summed E-state index contributed by atoms with van der Waals surface area (Å²) in [6, 6.07) is 5.26. The molecule has 2 N–H and O–H groups in total. The Morgan fingerprint density at radius 1 is 1.53 bits per heavy atom. The van der Waals surface area contributed by atoms with Crippen molar-refractivity contribution >= 4 is 6.09 Å². The topological polar surface area (TPSA) is 60.8 Å². The lowest BCUT2D eigenvalue weighted by molar-refractivity contribution is 0.0514. The lowest BCUT2D eigenvalue weighted by atomic mass is 9.72. The number of benzene rings is 1. The molecule has 2 aliphatic heterocycles. The van der Waals surface area contributed by atoms with Gasteiger partial charge in [-0.2, -0.15) is 0 Å². The van der Waals surface area contributed by atoms with E-state index < -0.39 is 24.1 Å². The fraction of sp³-hybridized carbons (Fsp3) is 0.500. The predicted molar refractivity (Wildman–Crippen MR) is 66.1 cm³/mol. The highest BCUT2D eigenvalue weighted by molar-refractivity contribution is 5.68. The number of amides is 1. The van der Waals surface area contributed by atoms with E-state index in [-0.39, 0.29) is 11.5 Å². The van der Waals surface area contributed by atoms with Gasteiger partial charge < -0.3 is 10.2 Å². The van der Waals surface area contributed by atoms with Crippen molar-refractivity contribution in [3.05, 3.63) is 35.6 Å². The van der Waals surface area contributed by atoms with Gasteiger partial charge in [0.1, 0.15) is 5.82 Å². The molecule has 4 rings (SSSR count). The molecule has 102 valence electrons. The van der Waals surface area contributed by atoms with Gasteiger partial charge in [0.2, 0.25) is 0 Å². The van der Waals surface area contributed by atoms with Crippen molar-refractivity contribution in [1.82, 2.24) is 4.90 Å². The van der Waals surface area contributed by atoms with E-state index in [9.17, 15) is 19.4 Å². The van der Waals surface area contributed by atoms with Gasteiger partial charge in [-0.1, -0.05) is 12.1 Å². The largest absolute Gasteiger partial charge is 0.465 e. The van der Waals surface area contributed by atoms with E-state index in [1.807, 2.05) is 6.92 Å². The number of carbonyl (C=O) groups is 1. The van der Waals surface area contributed by atoms with E-state index in [1.165, 1.54) is 23.1 Å². The van der Waals surface area contributed by atoms with Gasteiger partial charge in [-0.05, 0) is 43.4 Å². The minimum Gasteiger partial charge on any atom is -0.465 e. The fourth-order valence-corrected chi connectivity index (χ4v) is 3.72. The van der Waals surface area contributed by atoms with Gasteiger partial charge in [-0.25, -0.2) is 9.18 Å². The Kier molecular flexibility index (Phi) is 2.57. The second-order valence-corrected chi connectivity index (χ2v) is 5.81. The first kappa shape index (κ1) is 12.4. The Labute approximate surface area is 110 Å². The molecule has 2 atom stereocenters. The first-order valence-corrected chi connectivity index (χ1v) is 6.38. The van der Waals surface area contributed by atoms with Gasteiger partial charge in [0, 0.05) is 5.54 Å². The van der Waals surface area contributed by atoms with Crippen molar-refractivity contribution in [1.29, 1.82) is 0 Å². The maximum Gasteiger partial charge on any atom is 0.408 e. The Morgan fingerprint density at radius 2 is 2.21 bits per heavy atom. The second-order valence-electron chi connectivity index (χ2n) is 5.81. The zero-order valence-corrected chi connectivity index (χ0v) is 10.6. The molecule has 1 aliphatic carbocycles. The summed E-state index contributed by atoms with van der Waals surface area (Å²) >= 11 is 0. The minimum atomic E-state index is -1.01. The van der Waals surface area contributed by atoms with Crippen molar-refractivity contribution in [2.45, 2.75) is 37.5 Å². The molecule has 3 fully saturated rings. The van der Waals surface area contributed by atoms with Gasteiger partial charge in [0.05, 0.1) is 12.1 Å². The molecule has 1 saturated carbocycles. The molecule has 5 heteroatoms. The number of hydrogen-bond acceptors (Lipinski definition) is 2. The van der Waals surface area contributed by atoms with Gasteiger partial charge in [-0.15, -0.1) is 0 Å². The number of aliphatic hydroxyl groups excluding tert-OH is 1. The summed E-state index contributed by atoms with van der Waals surface area (Å²) in [5, 5.41) is 19.7. The normalized spacial score (nSPS) is 33.9. The standard InChI is InChI=1S/C14H16FNO3/c1-14-6-9(7-14)11(16(14)13(18)19)12(17)8-3-2-4-10(15)5-8/h2-5,9,11-12,17H,6-7H2,1H3,(H,18,19)/t9?,11?,12-,14?/m0/s1. The smallest absolute Gasteiger partial charge is 0.408 e. The Bertz CT molecular complexity index is 527. The van der Waals surface area contributed by atoms with Crippen LogP contribution in [0.5, 0.6) is 0 Å². The van der Waals surface area contributed by atoms with Gasteiger partial charge >= 0.3 is 6.09 Å². The van der Waals surface area contributed by atoms with Crippen LogP contribution in [0.2, 0.25) is 0 Å². The van der Waals surface area contributed by atoms with Crippen LogP contribution in [0.3, 0.4) is 0 Å². The van der Waals surface area contributed by atoms with Crippen molar-refractivity contribution in [2.75, 3.05) is 0 Å². The Hall–Kier alpha value is -1.62. The molecule has 1 aromatic rings. The van der Waals surface area contributed by atoms with E-state index in [4.69, 9.17) is 0 Å². The van der Waals surface area contributed by atoms with Crippen LogP contribution >= 0.6 is 0 Å². The average Bonchev–Trinajstić information content (AvgIpc) is 2.76. The Balaban J connectivity index is 1.92. The van der Waals surface area contributed by atoms with Crippen LogP contribution in [0.15, 0.2) is 24.3 Å². The third kappa shape index (κ3) is 1.72. The SMILES string of the molecule is CC12CC(C1)C([C@@H](O)c1cccc(F)c1)N2C(=O)O. The highest BCUT2D eigenvalue weighted by atomic mass is 19.1. The van der Waals surface area contributed by atoms with Crippen LogP contribution in [0.4, 0.5) is 9.18 Å². The number of carboxylic acid groups (broad SMARTS) is 1. The molecule has 1 aromatic carbocycles. The number of halogens is 1. The zero-order chi connectivity index (χ0) is 13.8. The third-order valence-electron chi connectivity index (χ3n) is 4.49. The second kappa shape index (κ2) is 3.93. The summed E-state index contributed by atoms with van der Waals surface area (Å²) in [6.45, 7) is 1.90. The summed E-state index contributed by atoms with van der Waals surface area (Å²) in [5.41, 5.74) is 0.0718. The maximum absolute atomic E-state index is 13.2. The fourth-order valence-electron chi connectivity index (χ4n) is 3.72. The monoisotopic (exact) mass is 265 g/mol. The summed E-state index contributed by atoms with van der Waals surface area (Å²) in [4.78, 5) is 12.8. The number of nitrogens with zero attached hydrogens (tertiary/aromatic N) is 1. The maximum atomic E-state index is 13.2. The van der Waals surface area contributed by atoms with E-state index in [1.54, 1.807) is 6.07 Å². The summed E-state index contributed by atoms with van der Waals surface area (Å²) < 4.78 is 13.2.